The van der Waals surface area contributed by atoms with Crippen LogP contribution < -0.4 is 0 Å². The van der Waals surface area contributed by atoms with Crippen molar-refractivity contribution in [1.82, 2.24) is 4.90 Å². The van der Waals surface area contributed by atoms with E-state index in [1.54, 1.807) is 27.8 Å². The second kappa shape index (κ2) is 5.41. The predicted octanol–water partition coefficient (Wildman–Crippen LogP) is 1.62. The predicted molar refractivity (Wildman–Crippen MR) is 49.0 cm³/mol. The number of nitriles is 1. The fourth-order valence-corrected chi connectivity index (χ4v) is 0.818. The van der Waals surface area contributed by atoms with Crippen molar-refractivity contribution in [2.45, 2.75) is 26.9 Å². The molecule has 0 radical (unpaired) electrons. The third kappa shape index (κ3) is 5.07. The molecular weight excluding hydrogens is 168 g/mol. The molecule has 0 aromatic heterocycles. The van der Waals surface area contributed by atoms with Gasteiger partial charge in [0.05, 0.1) is 18.1 Å². The largest absolute Gasteiger partial charge is 0.447 e. The van der Waals surface area contributed by atoms with Crippen molar-refractivity contribution in [2.24, 2.45) is 5.92 Å². The zero-order valence-corrected chi connectivity index (χ0v) is 8.57. The van der Waals surface area contributed by atoms with Gasteiger partial charge >= 0.3 is 6.09 Å². The zero-order chi connectivity index (χ0) is 10.4. The van der Waals surface area contributed by atoms with Crippen LogP contribution >= 0.6 is 0 Å². The van der Waals surface area contributed by atoms with Crippen molar-refractivity contribution in [2.75, 3.05) is 13.6 Å². The van der Waals surface area contributed by atoms with Crippen LogP contribution in [0.4, 0.5) is 4.79 Å². The Morgan fingerprint density at radius 2 is 2.08 bits per heavy atom. The number of ether oxygens (including phenoxy) is 1. The summed E-state index contributed by atoms with van der Waals surface area (Å²) in [6.45, 7) is 5.75. The molecule has 0 saturated heterocycles. The Kier molecular flexibility index (Phi) is 4.90. The van der Waals surface area contributed by atoms with E-state index >= 15 is 0 Å². The van der Waals surface area contributed by atoms with Crippen molar-refractivity contribution in [3.63, 3.8) is 0 Å². The van der Waals surface area contributed by atoms with Gasteiger partial charge in [-0.1, -0.05) is 0 Å². The normalized spacial score (nSPS) is 12.0. The molecular formula is C9H16N2O2. The second-order valence-electron chi connectivity index (χ2n) is 3.34. The quantitative estimate of drug-likeness (QED) is 0.669. The van der Waals surface area contributed by atoms with Gasteiger partial charge in [0.1, 0.15) is 0 Å². The van der Waals surface area contributed by atoms with E-state index in [-0.39, 0.29) is 18.1 Å². The lowest BCUT2D eigenvalue weighted by atomic mass is 10.2. The standard InChI is InChI=1S/C9H16N2O2/c1-7(2)13-9(12)11(4)6-8(3)5-10/h7-8H,6H2,1-4H3. The summed E-state index contributed by atoms with van der Waals surface area (Å²) >= 11 is 0. The molecule has 1 unspecified atom stereocenters. The number of carbonyl (C=O) groups is 1. The fourth-order valence-electron chi connectivity index (χ4n) is 0.818. The minimum atomic E-state index is -0.378. The van der Waals surface area contributed by atoms with E-state index in [9.17, 15) is 4.79 Å². The van der Waals surface area contributed by atoms with Gasteiger partial charge < -0.3 is 9.64 Å². The highest BCUT2D eigenvalue weighted by atomic mass is 16.6. The number of hydrogen-bond acceptors (Lipinski definition) is 3. The molecule has 0 aromatic rings. The highest BCUT2D eigenvalue weighted by Gasteiger charge is 2.13. The summed E-state index contributed by atoms with van der Waals surface area (Å²) in [5.41, 5.74) is 0. The topological polar surface area (TPSA) is 53.3 Å². The number of rotatable bonds is 3. The van der Waals surface area contributed by atoms with Crippen molar-refractivity contribution in [1.29, 1.82) is 5.26 Å². The summed E-state index contributed by atoms with van der Waals surface area (Å²) in [6, 6.07) is 2.05. The van der Waals surface area contributed by atoms with Crippen molar-refractivity contribution in [3.8, 4) is 6.07 Å². The Labute approximate surface area is 79.1 Å². The lowest BCUT2D eigenvalue weighted by molar-refractivity contribution is 0.0822. The number of nitrogens with zero attached hydrogens (tertiary/aromatic N) is 2. The molecule has 13 heavy (non-hydrogen) atoms. The molecule has 0 fully saturated rings. The van der Waals surface area contributed by atoms with Gasteiger partial charge in [-0.2, -0.15) is 5.26 Å². The van der Waals surface area contributed by atoms with Crippen LogP contribution in [0, 0.1) is 17.2 Å². The van der Waals surface area contributed by atoms with E-state index in [4.69, 9.17) is 10.00 Å². The summed E-state index contributed by atoms with van der Waals surface area (Å²) in [6.07, 6.45) is -0.496. The highest BCUT2D eigenvalue weighted by Crippen LogP contribution is 2.00. The van der Waals surface area contributed by atoms with Crippen LogP contribution in [0.1, 0.15) is 20.8 Å². The van der Waals surface area contributed by atoms with E-state index in [1.807, 2.05) is 0 Å². The first kappa shape index (κ1) is 11.8. The molecule has 0 aliphatic rings. The molecule has 74 valence electrons. The van der Waals surface area contributed by atoms with Crippen LogP contribution in [-0.2, 0) is 4.74 Å². The molecule has 0 aliphatic carbocycles. The summed E-state index contributed by atoms with van der Waals surface area (Å²) in [7, 11) is 1.62. The van der Waals surface area contributed by atoms with E-state index in [1.165, 1.54) is 4.90 Å². The third-order valence-electron chi connectivity index (χ3n) is 1.42. The molecule has 4 nitrogen and oxygen atoms in total. The average molecular weight is 184 g/mol. The minimum absolute atomic E-state index is 0.118. The lowest BCUT2D eigenvalue weighted by Gasteiger charge is -2.19. The maximum atomic E-state index is 11.2. The molecule has 1 amide bonds. The van der Waals surface area contributed by atoms with Crippen LogP contribution in [-0.4, -0.2) is 30.7 Å². The van der Waals surface area contributed by atoms with Gasteiger partial charge in [-0.3, -0.25) is 0 Å². The smallest absolute Gasteiger partial charge is 0.409 e. The van der Waals surface area contributed by atoms with Gasteiger partial charge in [0.15, 0.2) is 0 Å². The lowest BCUT2D eigenvalue weighted by Crippen LogP contribution is -2.32. The Hall–Kier alpha value is -1.24. The summed E-state index contributed by atoms with van der Waals surface area (Å²) < 4.78 is 4.93. The van der Waals surface area contributed by atoms with Crippen LogP contribution in [0.15, 0.2) is 0 Å². The summed E-state index contributed by atoms with van der Waals surface area (Å²) in [4.78, 5) is 12.6. The maximum absolute atomic E-state index is 11.2. The molecule has 0 heterocycles. The van der Waals surface area contributed by atoms with Gasteiger partial charge in [0.25, 0.3) is 0 Å². The number of hydrogen-bond donors (Lipinski definition) is 0. The molecule has 0 spiro atoms. The van der Waals surface area contributed by atoms with Crippen molar-refractivity contribution >= 4 is 6.09 Å². The minimum Gasteiger partial charge on any atom is -0.447 e. The Bertz CT molecular complexity index is 208. The molecule has 0 aliphatic heterocycles. The first-order valence-corrected chi connectivity index (χ1v) is 4.28. The van der Waals surface area contributed by atoms with Crippen LogP contribution in [0.2, 0.25) is 0 Å². The monoisotopic (exact) mass is 184 g/mol. The van der Waals surface area contributed by atoms with Gasteiger partial charge in [-0.05, 0) is 20.8 Å². The first-order valence-electron chi connectivity index (χ1n) is 4.28. The summed E-state index contributed by atoms with van der Waals surface area (Å²) in [5.74, 6) is -0.162. The third-order valence-corrected chi connectivity index (χ3v) is 1.42. The summed E-state index contributed by atoms with van der Waals surface area (Å²) in [5, 5.41) is 8.52. The Morgan fingerprint density at radius 1 is 1.54 bits per heavy atom. The van der Waals surface area contributed by atoms with Crippen molar-refractivity contribution in [3.05, 3.63) is 0 Å². The van der Waals surface area contributed by atoms with E-state index in [2.05, 4.69) is 6.07 Å². The second-order valence-corrected chi connectivity index (χ2v) is 3.34. The zero-order valence-electron chi connectivity index (χ0n) is 8.57. The fraction of sp³-hybridized carbons (Fsp3) is 0.778. The number of carbonyl (C=O) groups excluding carboxylic acids is 1. The Morgan fingerprint density at radius 3 is 2.46 bits per heavy atom. The molecule has 0 bridgehead atoms. The van der Waals surface area contributed by atoms with Crippen LogP contribution in [0.5, 0.6) is 0 Å². The van der Waals surface area contributed by atoms with Crippen molar-refractivity contribution < 1.29 is 9.53 Å². The van der Waals surface area contributed by atoms with Gasteiger partial charge in [-0.15, -0.1) is 0 Å². The maximum Gasteiger partial charge on any atom is 0.409 e. The van der Waals surface area contributed by atoms with Crippen LogP contribution in [0.25, 0.3) is 0 Å². The average Bonchev–Trinajstić information content (AvgIpc) is 2.02. The Balaban J connectivity index is 3.91. The molecule has 0 aromatic carbocycles. The van der Waals surface area contributed by atoms with Gasteiger partial charge in [-0.25, -0.2) is 4.79 Å². The van der Waals surface area contributed by atoms with Gasteiger partial charge in [0, 0.05) is 13.6 Å². The first-order chi connectivity index (χ1) is 5.97. The van der Waals surface area contributed by atoms with Gasteiger partial charge in [0.2, 0.25) is 0 Å². The molecule has 0 saturated carbocycles. The van der Waals surface area contributed by atoms with E-state index in [0.29, 0.717) is 6.54 Å². The van der Waals surface area contributed by atoms with E-state index in [0.717, 1.165) is 0 Å². The SMILES string of the molecule is CC(C#N)CN(C)C(=O)OC(C)C. The molecule has 0 N–H and O–H groups in total. The van der Waals surface area contributed by atoms with E-state index < -0.39 is 0 Å². The molecule has 1 atom stereocenters. The molecule has 4 heteroatoms. The molecule has 0 rings (SSSR count). The highest BCUT2D eigenvalue weighted by molar-refractivity contribution is 5.67. The number of amides is 1. The van der Waals surface area contributed by atoms with Crippen LogP contribution in [0.3, 0.4) is 0 Å².